The van der Waals surface area contributed by atoms with Crippen LogP contribution < -0.4 is 31.9 Å². The Hall–Kier alpha value is -4.58. The molecule has 12 nitrogen and oxygen atoms in total. The minimum atomic E-state index is -0.399. The average Bonchev–Trinajstić information content (AvgIpc) is 3.70. The molecule has 250 valence electrons. The third-order valence-corrected chi connectivity index (χ3v) is 9.46. The van der Waals surface area contributed by atoms with E-state index < -0.39 is 5.91 Å². The molecular formula is C34H49N7O5. The summed E-state index contributed by atoms with van der Waals surface area (Å²) in [5, 5.41) is 13.0. The number of rotatable bonds is 8. The van der Waals surface area contributed by atoms with Gasteiger partial charge in [-0.25, -0.2) is 4.79 Å². The standard InChI is InChI=1S/C34H43N7O5.3H2/c35-31(42)23-10-8-22(9-11-23)21-37-34(45)38-25-12-13-28(40-15-4-16-41(18-17-40)33(44)26-6-3-14-36-26)27(20-25)39-32(43)30-19-24-5-1-2-7-29(24)46-30;;;/h1-2,5,7,12-13,19-20,22-23,26,36H,3-4,6,8-11,14-18,21H2,(H2,35,42)(H,39,43)(H2,37,38,45);3*1H. The van der Waals surface area contributed by atoms with E-state index in [4.69, 9.17) is 10.2 Å². The normalized spacial score (nSPS) is 21.9. The summed E-state index contributed by atoms with van der Waals surface area (Å²) in [5.41, 5.74) is 7.93. The minimum Gasteiger partial charge on any atom is -0.451 e. The molecule has 1 aromatic heterocycles. The monoisotopic (exact) mass is 635 g/mol. The predicted octanol–water partition coefficient (Wildman–Crippen LogP) is 4.63. The fraction of sp³-hybridized carbons (Fsp3) is 0.471. The van der Waals surface area contributed by atoms with Crippen LogP contribution in [0.5, 0.6) is 0 Å². The number of amides is 5. The van der Waals surface area contributed by atoms with Crippen molar-refractivity contribution in [2.24, 2.45) is 17.6 Å². The number of nitrogens with two attached hydrogens (primary N) is 1. The second-order valence-electron chi connectivity index (χ2n) is 12.6. The summed E-state index contributed by atoms with van der Waals surface area (Å²) < 4.78 is 5.82. The fourth-order valence-corrected chi connectivity index (χ4v) is 6.83. The van der Waals surface area contributed by atoms with E-state index >= 15 is 0 Å². The quantitative estimate of drug-likeness (QED) is 0.241. The highest BCUT2D eigenvalue weighted by molar-refractivity contribution is 6.07. The number of hydrogen-bond donors (Lipinski definition) is 5. The first-order chi connectivity index (χ1) is 22.3. The van der Waals surface area contributed by atoms with Crippen LogP contribution in [0, 0.1) is 11.8 Å². The lowest BCUT2D eigenvalue weighted by atomic mass is 9.82. The van der Waals surface area contributed by atoms with E-state index in [1.807, 2.05) is 41.3 Å². The van der Waals surface area contributed by atoms with E-state index in [2.05, 4.69) is 26.2 Å². The Bertz CT molecular complexity index is 1560. The maximum absolute atomic E-state index is 13.4. The number of furan rings is 1. The Labute approximate surface area is 272 Å². The third-order valence-electron chi connectivity index (χ3n) is 9.46. The van der Waals surface area contributed by atoms with Gasteiger partial charge in [-0.15, -0.1) is 0 Å². The molecule has 1 atom stereocenters. The molecule has 12 heteroatoms. The molecule has 6 N–H and O–H groups in total. The summed E-state index contributed by atoms with van der Waals surface area (Å²) >= 11 is 0. The number of nitrogens with zero attached hydrogens (tertiary/aromatic N) is 2. The zero-order valence-corrected chi connectivity index (χ0v) is 26.1. The van der Waals surface area contributed by atoms with Crippen LogP contribution in [0.2, 0.25) is 0 Å². The van der Waals surface area contributed by atoms with Crippen molar-refractivity contribution >= 4 is 51.8 Å². The van der Waals surface area contributed by atoms with Crippen molar-refractivity contribution in [3.63, 3.8) is 0 Å². The smallest absolute Gasteiger partial charge is 0.319 e. The predicted molar refractivity (Wildman–Crippen MR) is 183 cm³/mol. The molecule has 1 saturated carbocycles. The summed E-state index contributed by atoms with van der Waals surface area (Å²) in [6.45, 7) is 3.96. The van der Waals surface area contributed by atoms with E-state index in [1.165, 1.54) is 0 Å². The van der Waals surface area contributed by atoms with Crippen LogP contribution in [0.4, 0.5) is 21.9 Å². The molecular weight excluding hydrogens is 586 g/mol. The first kappa shape index (κ1) is 31.4. The second-order valence-corrected chi connectivity index (χ2v) is 12.6. The van der Waals surface area contributed by atoms with Gasteiger partial charge in [0.25, 0.3) is 5.91 Å². The molecule has 6 rings (SSSR count). The molecule has 5 amide bonds. The van der Waals surface area contributed by atoms with Gasteiger partial charge in [0.15, 0.2) is 5.76 Å². The third kappa shape index (κ3) is 7.44. The van der Waals surface area contributed by atoms with Gasteiger partial charge in [-0.05, 0) is 87.7 Å². The lowest BCUT2D eigenvalue weighted by Gasteiger charge is -2.27. The van der Waals surface area contributed by atoms with Crippen LogP contribution in [-0.4, -0.2) is 74.0 Å². The number of anilines is 3. The van der Waals surface area contributed by atoms with Crippen LogP contribution >= 0.6 is 0 Å². The van der Waals surface area contributed by atoms with E-state index in [0.717, 1.165) is 62.6 Å². The maximum Gasteiger partial charge on any atom is 0.319 e. The number of benzene rings is 2. The molecule has 46 heavy (non-hydrogen) atoms. The lowest BCUT2D eigenvalue weighted by molar-refractivity contribution is -0.132. The van der Waals surface area contributed by atoms with Gasteiger partial charge in [0.1, 0.15) is 5.58 Å². The summed E-state index contributed by atoms with van der Waals surface area (Å²) in [6, 6.07) is 14.2. The average molecular weight is 636 g/mol. The Balaban J connectivity index is 0.00000217. The first-order valence-electron chi connectivity index (χ1n) is 16.4. The second kappa shape index (κ2) is 14.2. The number of primary amides is 1. The van der Waals surface area contributed by atoms with Crippen molar-refractivity contribution in [2.45, 2.75) is 51.0 Å². The van der Waals surface area contributed by atoms with Gasteiger partial charge in [0, 0.05) is 54.0 Å². The highest BCUT2D eigenvalue weighted by atomic mass is 16.3. The molecule has 0 bridgehead atoms. The van der Waals surface area contributed by atoms with Crippen molar-refractivity contribution < 1.29 is 27.9 Å². The van der Waals surface area contributed by atoms with Crippen LogP contribution in [0.25, 0.3) is 11.0 Å². The molecule has 0 radical (unpaired) electrons. The van der Waals surface area contributed by atoms with Crippen molar-refractivity contribution in [1.82, 2.24) is 15.5 Å². The van der Waals surface area contributed by atoms with Crippen molar-refractivity contribution in [3.8, 4) is 0 Å². The van der Waals surface area contributed by atoms with E-state index in [0.29, 0.717) is 55.6 Å². The fourth-order valence-electron chi connectivity index (χ4n) is 6.83. The molecule has 2 saturated heterocycles. The van der Waals surface area contributed by atoms with Gasteiger partial charge in [-0.2, -0.15) is 0 Å². The largest absolute Gasteiger partial charge is 0.451 e. The lowest BCUT2D eigenvalue weighted by Crippen LogP contribution is -2.45. The van der Waals surface area contributed by atoms with Crippen LogP contribution in [0.1, 0.15) is 59.8 Å². The molecule has 3 aromatic rings. The van der Waals surface area contributed by atoms with E-state index in [-0.39, 0.29) is 39.8 Å². The van der Waals surface area contributed by atoms with Gasteiger partial charge in [-0.1, -0.05) is 18.2 Å². The molecule has 0 spiro atoms. The molecule has 1 aliphatic carbocycles. The molecule has 2 aromatic carbocycles. The number of carbonyl (C=O) groups excluding carboxylic acids is 4. The zero-order chi connectivity index (χ0) is 32.0. The summed E-state index contributed by atoms with van der Waals surface area (Å²) in [5.74, 6) is -0.0850. The SMILES string of the molecule is NC(=O)C1CCC(CNC(=O)Nc2ccc(N3CCCN(C(=O)C4CCCN4)CC3)c(NC(=O)c3cc4ccccc4o3)c2)CC1.[HH].[HH].[HH]. The Morgan fingerprint density at radius 1 is 0.913 bits per heavy atom. The molecule has 3 aliphatic rings. The zero-order valence-electron chi connectivity index (χ0n) is 26.1. The number of fused-ring (bicyclic) bond motifs is 1. The maximum atomic E-state index is 13.4. The van der Waals surface area contributed by atoms with Crippen molar-refractivity contribution in [2.75, 3.05) is 54.8 Å². The molecule has 3 heterocycles. The molecule has 1 unspecified atom stereocenters. The number of carbonyl (C=O) groups is 4. The van der Waals surface area contributed by atoms with Crippen LogP contribution in [0.3, 0.4) is 0 Å². The van der Waals surface area contributed by atoms with Crippen molar-refractivity contribution in [1.29, 1.82) is 0 Å². The molecule has 3 fully saturated rings. The highest BCUT2D eigenvalue weighted by Gasteiger charge is 2.29. The topological polar surface area (TPSA) is 162 Å². The minimum absolute atomic E-state index is 0. The van der Waals surface area contributed by atoms with Crippen molar-refractivity contribution in [3.05, 3.63) is 54.3 Å². The van der Waals surface area contributed by atoms with Gasteiger partial charge >= 0.3 is 6.03 Å². The molecule has 2 aliphatic heterocycles. The van der Waals surface area contributed by atoms with Gasteiger partial charge < -0.3 is 41.2 Å². The highest BCUT2D eigenvalue weighted by Crippen LogP contribution is 2.32. The van der Waals surface area contributed by atoms with Crippen LogP contribution in [-0.2, 0) is 9.59 Å². The van der Waals surface area contributed by atoms with E-state index in [9.17, 15) is 19.2 Å². The van der Waals surface area contributed by atoms with Gasteiger partial charge in [-0.3, -0.25) is 14.4 Å². The van der Waals surface area contributed by atoms with E-state index in [1.54, 1.807) is 12.1 Å². The number of para-hydroxylation sites is 1. The Morgan fingerprint density at radius 3 is 2.50 bits per heavy atom. The first-order valence-corrected chi connectivity index (χ1v) is 16.4. The Kier molecular flexibility index (Phi) is 9.72. The Morgan fingerprint density at radius 2 is 1.74 bits per heavy atom. The van der Waals surface area contributed by atoms with Gasteiger partial charge in [0.05, 0.1) is 17.4 Å². The van der Waals surface area contributed by atoms with Crippen LogP contribution in [0.15, 0.2) is 52.9 Å². The summed E-state index contributed by atoms with van der Waals surface area (Å²) in [4.78, 5) is 55.0. The summed E-state index contributed by atoms with van der Waals surface area (Å²) in [6.07, 6.45) is 5.86. The number of urea groups is 1. The van der Waals surface area contributed by atoms with Gasteiger partial charge in [0.2, 0.25) is 11.8 Å². The number of nitrogens with one attached hydrogen (secondary N) is 4. The summed E-state index contributed by atoms with van der Waals surface area (Å²) in [7, 11) is 0. The number of hydrogen-bond acceptors (Lipinski definition) is 7.